The summed E-state index contributed by atoms with van der Waals surface area (Å²) in [7, 11) is 0. The number of benzene rings is 4. The van der Waals surface area contributed by atoms with Gasteiger partial charge < -0.3 is 15.2 Å². The molecule has 0 spiro atoms. The molecule has 0 fully saturated rings. The van der Waals surface area contributed by atoms with Crippen LogP contribution in [0.15, 0.2) is 84.9 Å². The Balaban J connectivity index is 0.00000380. The number of hydrogen-bond acceptors (Lipinski definition) is 4. The first-order chi connectivity index (χ1) is 17.5. The van der Waals surface area contributed by atoms with Crippen LogP contribution in [0.25, 0.3) is 21.9 Å². The smallest absolute Gasteiger partial charge is 0.548 e. The molecule has 0 aliphatic rings. The van der Waals surface area contributed by atoms with Gasteiger partial charge in [0.05, 0.1) is 12.0 Å². The van der Waals surface area contributed by atoms with Crippen molar-refractivity contribution in [3.63, 3.8) is 0 Å². The van der Waals surface area contributed by atoms with Crippen molar-refractivity contribution in [2.75, 3.05) is 12.0 Å². The number of amides is 1. The molecule has 0 aliphatic carbocycles. The van der Waals surface area contributed by atoms with Gasteiger partial charge in [0, 0.05) is 5.56 Å². The minimum atomic E-state index is -1.26. The monoisotopic (exact) mass is 503 g/mol. The number of aliphatic carboxylic acids is 1. The molecule has 0 bridgehead atoms. The maximum absolute atomic E-state index is 13.3. The third-order valence-corrected chi connectivity index (χ3v) is 7.17. The first-order valence-corrected chi connectivity index (χ1v) is 13.5. The number of fused-ring (bicyclic) bond motifs is 1. The van der Waals surface area contributed by atoms with Gasteiger partial charge in [-0.2, -0.15) is 11.8 Å². The molecule has 0 radical (unpaired) electrons. The van der Waals surface area contributed by atoms with Crippen LogP contribution < -0.4 is 29.3 Å². The number of carboxylic acid groups (broad SMARTS) is 1. The maximum atomic E-state index is 13.3. The summed E-state index contributed by atoms with van der Waals surface area (Å²) in [5.41, 5.74) is 5.70. The number of thioether (sulfide) groups is 1. The molecule has 1 atom stereocenters. The van der Waals surface area contributed by atoms with Crippen LogP contribution in [0, 0.1) is 6.92 Å². The van der Waals surface area contributed by atoms with E-state index in [4.69, 9.17) is 0 Å². The van der Waals surface area contributed by atoms with E-state index in [2.05, 4.69) is 53.8 Å². The van der Waals surface area contributed by atoms with Crippen LogP contribution in [0.5, 0.6) is 0 Å². The molecule has 4 rings (SSSR count). The van der Waals surface area contributed by atoms with E-state index in [1.807, 2.05) is 49.6 Å². The first kappa shape index (κ1) is 28.6. The fraction of sp³-hybridized carbons (Fsp3) is 0.226. The minimum Gasteiger partial charge on any atom is -0.548 e. The van der Waals surface area contributed by atoms with Crippen molar-refractivity contribution in [1.29, 1.82) is 0 Å². The van der Waals surface area contributed by atoms with Crippen molar-refractivity contribution in [3.05, 3.63) is 107 Å². The van der Waals surface area contributed by atoms with Crippen LogP contribution in [-0.4, -0.2) is 29.9 Å². The number of nitrogens with one attached hydrogen (secondary N) is 1. The Bertz CT molecular complexity index is 1380. The third-order valence-electron chi connectivity index (χ3n) is 6.53. The molecule has 0 aliphatic heterocycles. The zero-order valence-corrected chi connectivity index (χ0v) is 22.4. The molecular weight excluding hydrogens is 473 g/mol. The van der Waals surface area contributed by atoms with Crippen molar-refractivity contribution in [3.8, 4) is 11.1 Å². The van der Waals surface area contributed by atoms with Crippen LogP contribution in [0.1, 0.15) is 33.5 Å². The van der Waals surface area contributed by atoms with Gasteiger partial charge in [-0.25, -0.2) is 0 Å². The van der Waals surface area contributed by atoms with E-state index in [-0.39, 0.29) is 18.9 Å². The fourth-order valence-corrected chi connectivity index (χ4v) is 5.02. The summed E-state index contributed by atoms with van der Waals surface area (Å²) in [6.45, 7) is 2.02. The van der Waals surface area contributed by atoms with E-state index in [1.165, 1.54) is 28.1 Å². The van der Waals surface area contributed by atoms with E-state index < -0.39 is 17.9 Å². The number of carboxylic acids is 1. The zero-order chi connectivity index (χ0) is 25.5. The normalized spacial score (nSPS) is 11.5. The predicted molar refractivity (Wildman–Crippen MR) is 147 cm³/mol. The van der Waals surface area contributed by atoms with Crippen molar-refractivity contribution in [2.45, 2.75) is 32.2 Å². The predicted octanol–water partition coefficient (Wildman–Crippen LogP) is 2.21. The summed E-state index contributed by atoms with van der Waals surface area (Å²) in [5.74, 6) is -1.04. The second-order valence-electron chi connectivity index (χ2n) is 8.96. The molecule has 0 heterocycles. The molecule has 0 saturated carbocycles. The molecule has 4 nitrogen and oxygen atoms in total. The van der Waals surface area contributed by atoms with Crippen LogP contribution in [0.4, 0.5) is 0 Å². The van der Waals surface area contributed by atoms with Crippen LogP contribution in [0.3, 0.4) is 0 Å². The van der Waals surface area contributed by atoms with E-state index in [9.17, 15) is 14.7 Å². The Morgan fingerprint density at radius 1 is 0.892 bits per heavy atom. The van der Waals surface area contributed by atoms with Gasteiger partial charge in [-0.1, -0.05) is 78.9 Å². The Kier molecular flexibility index (Phi) is 10.5. The van der Waals surface area contributed by atoms with E-state index in [1.54, 1.807) is 0 Å². The van der Waals surface area contributed by atoms with Gasteiger partial charge in [0.15, 0.2) is 0 Å². The van der Waals surface area contributed by atoms with Gasteiger partial charge >= 0.3 is 18.9 Å². The minimum absolute atomic E-state index is 0. The molecule has 1 N–H and O–H groups in total. The molecule has 0 aromatic heterocycles. The van der Waals surface area contributed by atoms with Gasteiger partial charge in [-0.3, -0.25) is 4.79 Å². The molecule has 0 saturated heterocycles. The molecule has 4 aromatic rings. The molecule has 1 amide bonds. The standard InChI is InChI=1S/C31H31NO3S.Li/c1-21-8-3-5-12-25(21)28-20-22(14-16-24-11-7-10-23-9-4-6-13-26(23)24)15-17-27(28)30(33)32-29(31(34)35)18-19-36-2;/h3-13,15,17,20,29H,14,16,18-19H2,1-2H3,(H,32,33)(H,34,35);/q;+1/p-1. The van der Waals surface area contributed by atoms with E-state index in [0.717, 1.165) is 35.1 Å². The zero-order valence-electron chi connectivity index (χ0n) is 21.6. The maximum Gasteiger partial charge on any atom is 1.00 e. The van der Waals surface area contributed by atoms with Crippen molar-refractivity contribution < 1.29 is 33.6 Å². The Morgan fingerprint density at radius 2 is 1.62 bits per heavy atom. The van der Waals surface area contributed by atoms with Crippen LogP contribution >= 0.6 is 11.8 Å². The van der Waals surface area contributed by atoms with Gasteiger partial charge in [0.2, 0.25) is 0 Å². The molecule has 1 unspecified atom stereocenters. The topological polar surface area (TPSA) is 69.2 Å². The molecular formula is C31H30LiNO3S. The third kappa shape index (κ3) is 7.08. The summed E-state index contributed by atoms with van der Waals surface area (Å²) >= 11 is 1.54. The van der Waals surface area contributed by atoms with E-state index in [0.29, 0.717) is 17.7 Å². The van der Waals surface area contributed by atoms with Crippen molar-refractivity contribution in [2.24, 2.45) is 0 Å². The quantitative estimate of drug-likeness (QED) is 0.337. The molecule has 184 valence electrons. The second kappa shape index (κ2) is 13.5. The Labute approximate surface area is 235 Å². The molecule has 6 heteroatoms. The molecule has 37 heavy (non-hydrogen) atoms. The van der Waals surface area contributed by atoms with Crippen LogP contribution in [-0.2, 0) is 17.6 Å². The van der Waals surface area contributed by atoms with Gasteiger partial charge in [0.25, 0.3) is 5.91 Å². The SMILES string of the molecule is CSCCC(NC(=O)c1ccc(CCc2cccc3ccccc23)cc1-c1ccccc1C)C(=O)[O-].[Li+]. The first-order valence-electron chi connectivity index (χ1n) is 12.1. The van der Waals surface area contributed by atoms with E-state index >= 15 is 0 Å². The number of carbonyl (C=O) groups is 2. The second-order valence-corrected chi connectivity index (χ2v) is 9.95. The summed E-state index contributed by atoms with van der Waals surface area (Å²) in [6.07, 6.45) is 3.92. The number of hydrogen-bond donors (Lipinski definition) is 1. The average Bonchev–Trinajstić information content (AvgIpc) is 2.89. The van der Waals surface area contributed by atoms with Gasteiger partial charge in [-0.05, 0) is 82.9 Å². The summed E-state index contributed by atoms with van der Waals surface area (Å²) in [4.78, 5) is 24.9. The number of carbonyl (C=O) groups excluding carboxylic acids is 2. The average molecular weight is 504 g/mol. The molecule has 4 aromatic carbocycles. The Hall–Kier alpha value is -2.97. The fourth-order valence-electron chi connectivity index (χ4n) is 4.55. The van der Waals surface area contributed by atoms with Gasteiger partial charge in [-0.15, -0.1) is 0 Å². The van der Waals surface area contributed by atoms with Crippen LogP contribution in [0.2, 0.25) is 0 Å². The summed E-state index contributed by atoms with van der Waals surface area (Å²) in [6, 6.07) is 27.5. The summed E-state index contributed by atoms with van der Waals surface area (Å²) in [5, 5.41) is 16.8. The summed E-state index contributed by atoms with van der Waals surface area (Å²) < 4.78 is 0. The Morgan fingerprint density at radius 3 is 2.38 bits per heavy atom. The van der Waals surface area contributed by atoms with Gasteiger partial charge in [0.1, 0.15) is 0 Å². The number of aryl methyl sites for hydroxylation is 3. The van der Waals surface area contributed by atoms with Crippen molar-refractivity contribution >= 4 is 34.4 Å². The largest absolute Gasteiger partial charge is 1.00 e. The van der Waals surface area contributed by atoms with Crippen molar-refractivity contribution in [1.82, 2.24) is 5.32 Å². The number of rotatable bonds is 10.